The first-order chi connectivity index (χ1) is 12.6. The fraction of sp³-hybridized carbons (Fsp3) is 0.250. The summed E-state index contributed by atoms with van der Waals surface area (Å²) in [4.78, 5) is 12.4. The average molecular weight is 386 g/mol. The summed E-state index contributed by atoms with van der Waals surface area (Å²) >= 11 is 7.62. The zero-order valence-corrected chi connectivity index (χ0v) is 16.3. The average Bonchev–Trinajstić information content (AvgIpc) is 3.01. The van der Waals surface area contributed by atoms with Crippen molar-refractivity contribution in [2.75, 3.05) is 5.75 Å². The van der Waals surface area contributed by atoms with E-state index in [1.807, 2.05) is 60.1 Å². The molecule has 2 aromatic carbocycles. The van der Waals surface area contributed by atoms with Crippen molar-refractivity contribution in [3.63, 3.8) is 0 Å². The van der Waals surface area contributed by atoms with Crippen molar-refractivity contribution in [2.24, 2.45) is 7.05 Å². The maximum atomic E-state index is 12.4. The van der Waals surface area contributed by atoms with Crippen molar-refractivity contribution in [3.8, 4) is 11.4 Å². The van der Waals surface area contributed by atoms with Crippen LogP contribution in [-0.2, 0) is 13.5 Å². The van der Waals surface area contributed by atoms with Crippen LogP contribution in [0.25, 0.3) is 11.4 Å². The number of benzene rings is 2. The molecular weight excluding hydrogens is 366 g/mol. The summed E-state index contributed by atoms with van der Waals surface area (Å²) in [5.74, 6) is 1.09. The second-order valence-electron chi connectivity index (χ2n) is 6.00. The van der Waals surface area contributed by atoms with Gasteiger partial charge in [0.05, 0.1) is 10.8 Å². The summed E-state index contributed by atoms with van der Waals surface area (Å²) < 4.78 is 1.86. The number of hydrogen-bond acceptors (Lipinski definition) is 4. The quantitative estimate of drug-likeness (QED) is 0.421. The molecule has 0 bridgehead atoms. The zero-order valence-electron chi connectivity index (χ0n) is 14.8. The van der Waals surface area contributed by atoms with Crippen LogP contribution in [0.4, 0.5) is 0 Å². The van der Waals surface area contributed by atoms with E-state index in [0.29, 0.717) is 21.8 Å². The lowest BCUT2D eigenvalue weighted by molar-refractivity contribution is 0.102. The molecule has 0 radical (unpaired) electrons. The van der Waals surface area contributed by atoms with E-state index < -0.39 is 0 Å². The summed E-state index contributed by atoms with van der Waals surface area (Å²) in [5.41, 5.74) is 2.81. The van der Waals surface area contributed by atoms with E-state index in [-0.39, 0.29) is 5.78 Å². The summed E-state index contributed by atoms with van der Waals surface area (Å²) in [5, 5.41) is 9.75. The topological polar surface area (TPSA) is 47.8 Å². The van der Waals surface area contributed by atoms with Crippen molar-refractivity contribution >= 4 is 29.1 Å². The predicted octanol–water partition coefficient (Wildman–Crippen LogP) is 5.06. The first kappa shape index (κ1) is 18.7. The molecular formula is C20H20ClN3OS. The van der Waals surface area contributed by atoms with Gasteiger partial charge in [-0.3, -0.25) is 4.79 Å². The molecule has 0 aliphatic rings. The highest BCUT2D eigenvalue weighted by Gasteiger charge is 2.15. The molecule has 134 valence electrons. The molecule has 0 N–H and O–H groups in total. The van der Waals surface area contributed by atoms with Crippen LogP contribution in [0.3, 0.4) is 0 Å². The normalized spacial score (nSPS) is 10.9. The number of rotatable bonds is 7. The largest absolute Gasteiger partial charge is 0.305 e. The maximum Gasteiger partial charge on any atom is 0.191 e. The molecule has 0 saturated carbocycles. The number of aromatic nitrogens is 3. The maximum absolute atomic E-state index is 12.4. The molecule has 0 aliphatic heterocycles. The fourth-order valence-electron chi connectivity index (χ4n) is 2.68. The Morgan fingerprint density at radius 1 is 1.12 bits per heavy atom. The van der Waals surface area contributed by atoms with Gasteiger partial charge >= 0.3 is 0 Å². The monoisotopic (exact) mass is 385 g/mol. The molecule has 0 unspecified atom stereocenters. The van der Waals surface area contributed by atoms with E-state index >= 15 is 0 Å². The van der Waals surface area contributed by atoms with Gasteiger partial charge in [-0.05, 0) is 24.1 Å². The highest BCUT2D eigenvalue weighted by atomic mass is 35.5. The van der Waals surface area contributed by atoms with Gasteiger partial charge in [-0.15, -0.1) is 10.2 Å². The Morgan fingerprint density at radius 2 is 1.85 bits per heavy atom. The van der Waals surface area contributed by atoms with Gasteiger partial charge in [-0.2, -0.15) is 0 Å². The molecule has 3 aromatic rings. The highest BCUT2D eigenvalue weighted by Crippen LogP contribution is 2.28. The zero-order chi connectivity index (χ0) is 18.5. The molecule has 0 atom stereocenters. The molecule has 3 rings (SSSR count). The number of carbonyl (C=O) groups excluding carboxylic acids is 1. The second kappa shape index (κ2) is 8.52. The van der Waals surface area contributed by atoms with Gasteiger partial charge in [-0.25, -0.2) is 0 Å². The van der Waals surface area contributed by atoms with Gasteiger partial charge in [0.2, 0.25) is 0 Å². The minimum atomic E-state index is 0.0836. The van der Waals surface area contributed by atoms with Crippen LogP contribution >= 0.6 is 23.4 Å². The van der Waals surface area contributed by atoms with Crippen LogP contribution in [0, 0.1) is 0 Å². The molecule has 1 heterocycles. The standard InChI is InChI=1S/C20H20ClN3OS/c1-3-6-14-9-11-15(12-10-14)18(25)13-26-20-23-22-19(24(20)2)16-7-4-5-8-17(16)21/h4-5,7-12H,3,6,13H2,1-2H3. The molecule has 1 aromatic heterocycles. The number of hydrogen-bond donors (Lipinski definition) is 0. The summed E-state index contributed by atoms with van der Waals surface area (Å²) in [6.45, 7) is 2.15. The number of carbonyl (C=O) groups is 1. The third kappa shape index (κ3) is 4.17. The van der Waals surface area contributed by atoms with Crippen LogP contribution < -0.4 is 0 Å². The van der Waals surface area contributed by atoms with Crippen molar-refractivity contribution in [3.05, 3.63) is 64.7 Å². The smallest absolute Gasteiger partial charge is 0.191 e. The number of halogens is 1. The van der Waals surface area contributed by atoms with Crippen molar-refractivity contribution < 1.29 is 4.79 Å². The molecule has 0 aliphatic carbocycles. The molecule has 0 amide bonds. The second-order valence-corrected chi connectivity index (χ2v) is 7.35. The fourth-order valence-corrected chi connectivity index (χ4v) is 3.70. The number of aryl methyl sites for hydroxylation is 1. The first-order valence-electron chi connectivity index (χ1n) is 8.49. The molecule has 0 spiro atoms. The van der Waals surface area contributed by atoms with Gasteiger partial charge in [0.15, 0.2) is 16.8 Å². The Labute approximate surface area is 162 Å². The van der Waals surface area contributed by atoms with Crippen LogP contribution in [0.15, 0.2) is 53.7 Å². The number of nitrogens with zero attached hydrogens (tertiary/aromatic N) is 3. The first-order valence-corrected chi connectivity index (χ1v) is 9.85. The number of Topliss-reactive ketones (excluding diaryl/α,β-unsaturated/α-hetero) is 1. The van der Waals surface area contributed by atoms with Gasteiger partial charge in [0.25, 0.3) is 0 Å². The van der Waals surface area contributed by atoms with E-state index in [2.05, 4.69) is 17.1 Å². The Morgan fingerprint density at radius 3 is 2.54 bits per heavy atom. The van der Waals surface area contributed by atoms with Gasteiger partial charge in [0, 0.05) is 18.2 Å². The van der Waals surface area contributed by atoms with Crippen LogP contribution in [0.1, 0.15) is 29.3 Å². The van der Waals surface area contributed by atoms with Crippen molar-refractivity contribution in [2.45, 2.75) is 24.9 Å². The Hall–Kier alpha value is -2.11. The number of ketones is 1. The number of thioether (sulfide) groups is 1. The molecule has 0 saturated heterocycles. The minimum Gasteiger partial charge on any atom is -0.305 e. The van der Waals surface area contributed by atoms with E-state index in [4.69, 9.17) is 11.6 Å². The Balaban J connectivity index is 1.68. The SMILES string of the molecule is CCCc1ccc(C(=O)CSc2nnc(-c3ccccc3Cl)n2C)cc1. The van der Waals surface area contributed by atoms with Crippen LogP contribution in [0.5, 0.6) is 0 Å². The van der Waals surface area contributed by atoms with E-state index in [0.717, 1.165) is 24.0 Å². The molecule has 6 heteroatoms. The third-order valence-electron chi connectivity index (χ3n) is 4.10. The van der Waals surface area contributed by atoms with Gasteiger partial charge in [0.1, 0.15) is 0 Å². The predicted molar refractivity (Wildman–Crippen MR) is 107 cm³/mol. The lowest BCUT2D eigenvalue weighted by Gasteiger charge is -2.05. The third-order valence-corrected chi connectivity index (χ3v) is 5.45. The van der Waals surface area contributed by atoms with Gasteiger partial charge in [-0.1, -0.05) is 73.1 Å². The lowest BCUT2D eigenvalue weighted by Crippen LogP contribution is -2.04. The van der Waals surface area contributed by atoms with E-state index in [1.165, 1.54) is 17.3 Å². The molecule has 0 fully saturated rings. The van der Waals surface area contributed by atoms with Crippen LogP contribution in [0.2, 0.25) is 5.02 Å². The summed E-state index contributed by atoms with van der Waals surface area (Å²) in [6.07, 6.45) is 2.13. The summed E-state index contributed by atoms with van der Waals surface area (Å²) in [6, 6.07) is 15.4. The van der Waals surface area contributed by atoms with Crippen LogP contribution in [-0.4, -0.2) is 26.3 Å². The summed E-state index contributed by atoms with van der Waals surface area (Å²) in [7, 11) is 1.88. The Kier molecular flexibility index (Phi) is 6.12. The molecule has 4 nitrogen and oxygen atoms in total. The molecule has 26 heavy (non-hydrogen) atoms. The Bertz CT molecular complexity index is 906. The van der Waals surface area contributed by atoms with Gasteiger partial charge < -0.3 is 4.57 Å². The van der Waals surface area contributed by atoms with E-state index in [1.54, 1.807) is 0 Å². The minimum absolute atomic E-state index is 0.0836. The highest BCUT2D eigenvalue weighted by molar-refractivity contribution is 7.99. The van der Waals surface area contributed by atoms with Crippen molar-refractivity contribution in [1.29, 1.82) is 0 Å². The lowest BCUT2D eigenvalue weighted by atomic mass is 10.1. The van der Waals surface area contributed by atoms with Crippen molar-refractivity contribution in [1.82, 2.24) is 14.8 Å². The van der Waals surface area contributed by atoms with E-state index in [9.17, 15) is 4.79 Å².